The number of halogens is 4. The first-order chi connectivity index (χ1) is 9.91. The fourth-order valence-corrected chi connectivity index (χ4v) is 1.81. The van der Waals surface area contributed by atoms with E-state index in [0.717, 1.165) is 18.2 Å². The second-order valence-corrected chi connectivity index (χ2v) is 4.10. The molecule has 2 rings (SSSR count). The lowest BCUT2D eigenvalue weighted by Crippen LogP contribution is -2.03. The summed E-state index contributed by atoms with van der Waals surface area (Å²) in [6.07, 6.45) is 1.36. The van der Waals surface area contributed by atoms with Gasteiger partial charge in [-0.2, -0.15) is 0 Å². The van der Waals surface area contributed by atoms with Crippen LogP contribution in [-0.2, 0) is 0 Å². The lowest BCUT2D eigenvalue weighted by Gasteiger charge is -2.03. The van der Waals surface area contributed by atoms with E-state index < -0.39 is 44.5 Å². The number of rotatable bonds is 3. The highest BCUT2D eigenvalue weighted by Crippen LogP contribution is 2.27. The number of benzene rings is 1. The third-order valence-electron chi connectivity index (χ3n) is 2.43. The minimum atomic E-state index is -1.13. The van der Waals surface area contributed by atoms with Crippen LogP contribution < -0.4 is 0 Å². The summed E-state index contributed by atoms with van der Waals surface area (Å²) in [7, 11) is 0. The number of aliphatic imine (C=N–C) groups is 1. The summed E-state index contributed by atoms with van der Waals surface area (Å²) in [5, 5.41) is 10.1. The Labute approximate surface area is 120 Å². The van der Waals surface area contributed by atoms with Crippen molar-refractivity contribution in [2.75, 3.05) is 0 Å². The fraction of sp³-hybridized carbons (Fsp3) is 0. The van der Waals surface area contributed by atoms with Gasteiger partial charge in [0.15, 0.2) is 11.6 Å². The van der Waals surface area contributed by atoms with E-state index in [1.54, 1.807) is 0 Å². The number of nitrogens with zero attached hydrogens (tertiary/aromatic N) is 3. The molecule has 0 saturated heterocycles. The van der Waals surface area contributed by atoms with Gasteiger partial charge in [0.2, 0.25) is 0 Å². The highest BCUT2D eigenvalue weighted by atomic mass is 35.5. The molecule has 5 nitrogen and oxygen atoms in total. The van der Waals surface area contributed by atoms with Crippen LogP contribution in [0, 0.1) is 27.6 Å². The average molecular weight is 316 g/mol. The van der Waals surface area contributed by atoms with Crippen molar-refractivity contribution in [2.24, 2.45) is 4.99 Å². The zero-order valence-electron chi connectivity index (χ0n) is 10.1. The van der Waals surface area contributed by atoms with Crippen molar-refractivity contribution in [3.8, 4) is 0 Å². The molecule has 0 spiro atoms. The molecule has 0 fully saturated rings. The number of nitro benzene ring substituents is 1. The van der Waals surface area contributed by atoms with Crippen LogP contribution in [0.2, 0.25) is 0 Å². The molecule has 1 aromatic carbocycles. The monoisotopic (exact) mass is 315 g/mol. The van der Waals surface area contributed by atoms with Crippen molar-refractivity contribution in [3.05, 3.63) is 63.7 Å². The van der Waals surface area contributed by atoms with Gasteiger partial charge in [0.25, 0.3) is 5.69 Å². The van der Waals surface area contributed by atoms with Crippen molar-refractivity contribution in [2.45, 2.75) is 0 Å². The SMILES string of the molecule is O=[N+]([O-])c1cccc(F)c1C(Cl)=Nc1c(F)cncc1F. The maximum absolute atomic E-state index is 13.7. The molecule has 1 heterocycles. The maximum atomic E-state index is 13.7. The van der Waals surface area contributed by atoms with Crippen molar-refractivity contribution in [1.82, 2.24) is 4.98 Å². The van der Waals surface area contributed by atoms with E-state index in [2.05, 4.69) is 9.98 Å². The molecule has 21 heavy (non-hydrogen) atoms. The molecular formula is C12H5ClF3N3O2. The molecule has 0 radical (unpaired) electrons. The van der Waals surface area contributed by atoms with Gasteiger partial charge in [-0.1, -0.05) is 17.7 Å². The predicted octanol–water partition coefficient (Wildman–Crippen LogP) is 3.72. The van der Waals surface area contributed by atoms with Crippen molar-refractivity contribution in [3.63, 3.8) is 0 Å². The van der Waals surface area contributed by atoms with E-state index in [0.29, 0.717) is 12.4 Å². The van der Waals surface area contributed by atoms with Gasteiger partial charge in [0.1, 0.15) is 22.2 Å². The quantitative estimate of drug-likeness (QED) is 0.492. The lowest BCUT2D eigenvalue weighted by molar-refractivity contribution is -0.385. The van der Waals surface area contributed by atoms with Crippen LogP contribution in [0.5, 0.6) is 0 Å². The Kier molecular flexibility index (Phi) is 4.18. The van der Waals surface area contributed by atoms with Crippen LogP contribution in [0.15, 0.2) is 35.6 Å². The summed E-state index contributed by atoms with van der Waals surface area (Å²) in [5.41, 5.74) is -2.13. The molecule has 0 unspecified atom stereocenters. The molecule has 9 heteroatoms. The van der Waals surface area contributed by atoms with Gasteiger partial charge < -0.3 is 0 Å². The molecule has 0 amide bonds. The van der Waals surface area contributed by atoms with Gasteiger partial charge in [-0.25, -0.2) is 18.2 Å². The first-order valence-electron chi connectivity index (χ1n) is 5.38. The van der Waals surface area contributed by atoms with E-state index in [9.17, 15) is 23.3 Å². The summed E-state index contributed by atoms with van der Waals surface area (Å²) in [6, 6.07) is 3.02. The van der Waals surface area contributed by atoms with Gasteiger partial charge in [-0.05, 0) is 6.07 Å². The molecule has 0 atom stereocenters. The summed E-state index contributed by atoms with van der Waals surface area (Å²) < 4.78 is 40.5. The molecule has 0 aliphatic heterocycles. The topological polar surface area (TPSA) is 68.4 Å². The Balaban J connectivity index is 2.62. The summed E-state index contributed by atoms with van der Waals surface area (Å²) in [6.45, 7) is 0. The molecule has 0 aliphatic carbocycles. The third-order valence-corrected chi connectivity index (χ3v) is 2.71. The van der Waals surface area contributed by atoms with E-state index in [1.807, 2.05) is 0 Å². The predicted molar refractivity (Wildman–Crippen MR) is 69.3 cm³/mol. The zero-order valence-corrected chi connectivity index (χ0v) is 10.8. The van der Waals surface area contributed by atoms with Gasteiger partial charge >= 0.3 is 0 Å². The summed E-state index contributed by atoms with van der Waals surface area (Å²) in [5.74, 6) is -3.30. The van der Waals surface area contributed by atoms with Crippen LogP contribution in [0.25, 0.3) is 0 Å². The number of hydrogen-bond acceptors (Lipinski definition) is 4. The zero-order chi connectivity index (χ0) is 15.6. The summed E-state index contributed by atoms with van der Waals surface area (Å²) >= 11 is 5.69. The van der Waals surface area contributed by atoms with Crippen LogP contribution in [0.1, 0.15) is 5.56 Å². The van der Waals surface area contributed by atoms with Crippen molar-refractivity contribution in [1.29, 1.82) is 0 Å². The third kappa shape index (κ3) is 3.00. The Morgan fingerprint density at radius 1 is 1.19 bits per heavy atom. The largest absolute Gasteiger partial charge is 0.282 e. The van der Waals surface area contributed by atoms with Gasteiger partial charge in [0, 0.05) is 6.07 Å². The molecule has 2 aromatic rings. The van der Waals surface area contributed by atoms with Crippen molar-refractivity contribution < 1.29 is 18.1 Å². The Bertz CT molecular complexity index is 732. The van der Waals surface area contributed by atoms with E-state index in [4.69, 9.17) is 11.6 Å². The molecule has 0 N–H and O–H groups in total. The van der Waals surface area contributed by atoms with Crippen LogP contribution in [0.4, 0.5) is 24.5 Å². The lowest BCUT2D eigenvalue weighted by atomic mass is 10.2. The smallest absolute Gasteiger partial charge is 0.258 e. The van der Waals surface area contributed by atoms with Gasteiger partial charge in [0.05, 0.1) is 17.3 Å². The second kappa shape index (κ2) is 5.88. The maximum Gasteiger partial charge on any atom is 0.282 e. The first-order valence-corrected chi connectivity index (χ1v) is 5.76. The minimum absolute atomic E-state index is 0.653. The molecular weight excluding hydrogens is 311 g/mol. The van der Waals surface area contributed by atoms with Crippen LogP contribution >= 0.6 is 11.6 Å². The highest BCUT2D eigenvalue weighted by molar-refractivity contribution is 6.70. The minimum Gasteiger partial charge on any atom is -0.258 e. The van der Waals surface area contributed by atoms with Crippen LogP contribution in [0.3, 0.4) is 0 Å². The highest BCUT2D eigenvalue weighted by Gasteiger charge is 2.22. The fourth-order valence-electron chi connectivity index (χ4n) is 1.53. The standard InChI is InChI=1S/C12H5ClF3N3O2/c13-12(18-11-7(15)4-17-5-8(11)16)10-6(14)2-1-3-9(10)19(20)21/h1-5H. The normalized spacial score (nSPS) is 11.5. The molecule has 0 aliphatic rings. The molecule has 1 aromatic heterocycles. The Morgan fingerprint density at radius 2 is 1.81 bits per heavy atom. The van der Waals surface area contributed by atoms with Crippen LogP contribution in [-0.4, -0.2) is 15.1 Å². The van der Waals surface area contributed by atoms with E-state index in [-0.39, 0.29) is 0 Å². The van der Waals surface area contributed by atoms with Gasteiger partial charge in [-0.15, -0.1) is 0 Å². The number of pyridine rings is 1. The van der Waals surface area contributed by atoms with E-state index in [1.165, 1.54) is 0 Å². The molecule has 0 saturated carbocycles. The van der Waals surface area contributed by atoms with E-state index >= 15 is 0 Å². The number of aromatic nitrogens is 1. The second-order valence-electron chi connectivity index (χ2n) is 3.75. The van der Waals surface area contributed by atoms with Gasteiger partial charge in [-0.3, -0.25) is 15.1 Å². The average Bonchev–Trinajstić information content (AvgIpc) is 2.42. The first kappa shape index (κ1) is 14.9. The molecule has 108 valence electrons. The molecule has 0 bridgehead atoms. The summed E-state index contributed by atoms with van der Waals surface area (Å²) in [4.78, 5) is 16.6. The van der Waals surface area contributed by atoms with Crippen molar-refractivity contribution >= 4 is 28.1 Å². The number of nitro groups is 1. The Morgan fingerprint density at radius 3 is 2.38 bits per heavy atom. The number of hydrogen-bond donors (Lipinski definition) is 0. The Hall–Kier alpha value is -2.48.